The van der Waals surface area contributed by atoms with Crippen LogP contribution in [0.1, 0.15) is 24.1 Å². The highest BCUT2D eigenvalue weighted by Gasteiger charge is 2.33. The second-order valence-electron chi connectivity index (χ2n) is 5.23. The second-order valence-corrected chi connectivity index (χ2v) is 5.64. The molecule has 1 unspecified atom stereocenters. The zero-order valence-corrected chi connectivity index (χ0v) is 14.2. The van der Waals surface area contributed by atoms with E-state index in [9.17, 15) is 19.1 Å². The van der Waals surface area contributed by atoms with Gasteiger partial charge in [0.05, 0.1) is 0 Å². The van der Waals surface area contributed by atoms with Crippen LogP contribution in [0.15, 0.2) is 48.5 Å². The summed E-state index contributed by atoms with van der Waals surface area (Å²) in [6.07, 6.45) is -0.792. The Kier molecular flexibility index (Phi) is 6.36. The lowest BCUT2D eigenvalue weighted by Gasteiger charge is -2.28. The van der Waals surface area contributed by atoms with Crippen LogP contribution >= 0.6 is 11.6 Å². The number of benzene rings is 2. The van der Waals surface area contributed by atoms with Crippen LogP contribution in [0, 0.1) is 5.82 Å². The van der Waals surface area contributed by atoms with E-state index in [1.165, 1.54) is 6.07 Å². The molecule has 0 spiro atoms. The Morgan fingerprint density at radius 2 is 1.92 bits per heavy atom. The molecule has 0 saturated carbocycles. The van der Waals surface area contributed by atoms with Crippen molar-refractivity contribution < 1.29 is 23.8 Å². The SMILES string of the molecule is CCN(C(=O)OCc1ccccc1)C(C(=O)O)c1ccc(F)cc1Cl. The summed E-state index contributed by atoms with van der Waals surface area (Å²) in [7, 11) is 0. The van der Waals surface area contributed by atoms with Gasteiger partial charge in [-0.1, -0.05) is 48.0 Å². The fourth-order valence-corrected chi connectivity index (χ4v) is 2.65. The zero-order chi connectivity index (χ0) is 18.4. The Morgan fingerprint density at radius 1 is 1.24 bits per heavy atom. The van der Waals surface area contributed by atoms with Crippen LogP contribution < -0.4 is 0 Å². The van der Waals surface area contributed by atoms with Crippen molar-refractivity contribution in [3.63, 3.8) is 0 Å². The molecule has 25 heavy (non-hydrogen) atoms. The molecule has 0 aromatic heterocycles. The van der Waals surface area contributed by atoms with E-state index >= 15 is 0 Å². The first-order valence-corrected chi connectivity index (χ1v) is 7.97. The van der Waals surface area contributed by atoms with Crippen LogP contribution in [0.25, 0.3) is 0 Å². The number of carboxylic acids is 1. The van der Waals surface area contributed by atoms with Crippen LogP contribution in [0.5, 0.6) is 0 Å². The number of ether oxygens (including phenoxy) is 1. The summed E-state index contributed by atoms with van der Waals surface area (Å²) in [6.45, 7) is 1.72. The lowest BCUT2D eigenvalue weighted by Crippen LogP contribution is -2.39. The molecule has 1 N–H and O–H groups in total. The van der Waals surface area contributed by atoms with E-state index in [0.29, 0.717) is 0 Å². The Balaban J connectivity index is 2.21. The smallest absolute Gasteiger partial charge is 0.411 e. The predicted octanol–water partition coefficient (Wildman–Crippen LogP) is 4.26. The van der Waals surface area contributed by atoms with Gasteiger partial charge in [0.1, 0.15) is 12.4 Å². The molecule has 0 heterocycles. The van der Waals surface area contributed by atoms with Crippen LogP contribution in [0.3, 0.4) is 0 Å². The first-order valence-electron chi connectivity index (χ1n) is 7.59. The van der Waals surface area contributed by atoms with Gasteiger partial charge in [-0.3, -0.25) is 4.90 Å². The average Bonchev–Trinajstić information content (AvgIpc) is 2.59. The van der Waals surface area contributed by atoms with E-state index in [2.05, 4.69) is 0 Å². The summed E-state index contributed by atoms with van der Waals surface area (Å²) in [5.74, 6) is -1.88. The number of aliphatic carboxylic acids is 1. The largest absolute Gasteiger partial charge is 0.479 e. The van der Waals surface area contributed by atoms with E-state index < -0.39 is 23.9 Å². The third-order valence-electron chi connectivity index (χ3n) is 3.58. The monoisotopic (exact) mass is 365 g/mol. The van der Waals surface area contributed by atoms with Crippen molar-refractivity contribution in [1.82, 2.24) is 4.90 Å². The van der Waals surface area contributed by atoms with Gasteiger partial charge in [-0.15, -0.1) is 0 Å². The molecule has 0 fully saturated rings. The van der Waals surface area contributed by atoms with Gasteiger partial charge in [-0.25, -0.2) is 14.0 Å². The zero-order valence-electron chi connectivity index (χ0n) is 13.5. The fourth-order valence-electron chi connectivity index (χ4n) is 2.38. The predicted molar refractivity (Wildman–Crippen MR) is 90.8 cm³/mol. The topological polar surface area (TPSA) is 66.8 Å². The molecule has 132 valence electrons. The minimum atomic E-state index is -1.37. The first kappa shape index (κ1) is 18.7. The number of carbonyl (C=O) groups excluding carboxylic acids is 1. The molecule has 2 aromatic carbocycles. The third-order valence-corrected chi connectivity index (χ3v) is 3.91. The van der Waals surface area contributed by atoms with Gasteiger partial charge in [0.15, 0.2) is 6.04 Å². The molecule has 2 rings (SSSR count). The second kappa shape index (κ2) is 8.48. The van der Waals surface area contributed by atoms with Crippen molar-refractivity contribution in [3.8, 4) is 0 Å². The van der Waals surface area contributed by atoms with Crippen molar-refractivity contribution in [2.24, 2.45) is 0 Å². The van der Waals surface area contributed by atoms with E-state index in [4.69, 9.17) is 16.3 Å². The van der Waals surface area contributed by atoms with Gasteiger partial charge in [-0.2, -0.15) is 0 Å². The van der Waals surface area contributed by atoms with Crippen molar-refractivity contribution in [2.45, 2.75) is 19.6 Å². The number of hydrogen-bond acceptors (Lipinski definition) is 3. The summed E-state index contributed by atoms with van der Waals surface area (Å²) >= 11 is 5.96. The van der Waals surface area contributed by atoms with Crippen LogP contribution in [-0.4, -0.2) is 28.6 Å². The number of halogens is 2. The van der Waals surface area contributed by atoms with Gasteiger partial charge in [0.25, 0.3) is 0 Å². The minimum Gasteiger partial charge on any atom is -0.479 e. The van der Waals surface area contributed by atoms with E-state index in [0.717, 1.165) is 22.6 Å². The normalized spacial score (nSPS) is 11.6. The molecule has 1 amide bonds. The molecule has 0 bridgehead atoms. The van der Waals surface area contributed by atoms with Crippen molar-refractivity contribution in [3.05, 3.63) is 70.5 Å². The van der Waals surface area contributed by atoms with Crippen LogP contribution in [0.2, 0.25) is 5.02 Å². The Hall–Kier alpha value is -2.60. The third kappa shape index (κ3) is 4.70. The average molecular weight is 366 g/mol. The molecule has 0 aliphatic carbocycles. The maximum atomic E-state index is 13.2. The number of amides is 1. The Bertz CT molecular complexity index is 754. The molecule has 5 nitrogen and oxygen atoms in total. The Morgan fingerprint density at radius 3 is 2.48 bits per heavy atom. The summed E-state index contributed by atoms with van der Waals surface area (Å²) in [6, 6.07) is 11.0. The lowest BCUT2D eigenvalue weighted by molar-refractivity contribution is -0.143. The van der Waals surface area contributed by atoms with Gasteiger partial charge >= 0.3 is 12.1 Å². The fraction of sp³-hybridized carbons (Fsp3) is 0.222. The summed E-state index contributed by atoms with van der Waals surface area (Å²) in [5.41, 5.74) is 0.896. The van der Waals surface area contributed by atoms with Crippen molar-refractivity contribution in [2.75, 3.05) is 6.54 Å². The number of carbonyl (C=O) groups is 2. The molecule has 0 aliphatic heterocycles. The highest BCUT2D eigenvalue weighted by Crippen LogP contribution is 2.29. The highest BCUT2D eigenvalue weighted by atomic mass is 35.5. The first-order chi connectivity index (χ1) is 11.9. The van der Waals surface area contributed by atoms with Crippen molar-refractivity contribution >= 4 is 23.7 Å². The quantitative estimate of drug-likeness (QED) is 0.830. The number of likely N-dealkylation sites (N-methyl/N-ethyl adjacent to an activating group) is 1. The minimum absolute atomic E-state index is 0.0136. The van der Waals surface area contributed by atoms with E-state index in [1.54, 1.807) is 31.2 Å². The van der Waals surface area contributed by atoms with E-state index in [1.807, 2.05) is 6.07 Å². The summed E-state index contributed by atoms with van der Waals surface area (Å²) in [4.78, 5) is 25.1. The molecule has 7 heteroatoms. The van der Waals surface area contributed by atoms with Gasteiger partial charge in [0, 0.05) is 17.1 Å². The highest BCUT2D eigenvalue weighted by molar-refractivity contribution is 6.31. The Labute approximate surface area is 149 Å². The maximum Gasteiger partial charge on any atom is 0.411 e. The lowest BCUT2D eigenvalue weighted by atomic mass is 10.1. The van der Waals surface area contributed by atoms with Gasteiger partial charge in [0.2, 0.25) is 0 Å². The van der Waals surface area contributed by atoms with Gasteiger partial charge < -0.3 is 9.84 Å². The number of hydrogen-bond donors (Lipinski definition) is 1. The molecule has 0 radical (unpaired) electrons. The molecular formula is C18H17ClFNO4. The number of nitrogens with zero attached hydrogens (tertiary/aromatic N) is 1. The number of rotatable bonds is 6. The molecule has 0 saturated heterocycles. The van der Waals surface area contributed by atoms with Crippen LogP contribution in [0.4, 0.5) is 9.18 Å². The summed E-state index contributed by atoms with van der Waals surface area (Å²) < 4.78 is 18.4. The van der Waals surface area contributed by atoms with E-state index in [-0.39, 0.29) is 23.7 Å². The molecule has 1 atom stereocenters. The number of carboxylic acid groups (broad SMARTS) is 1. The maximum absolute atomic E-state index is 13.2. The van der Waals surface area contributed by atoms with Crippen molar-refractivity contribution in [1.29, 1.82) is 0 Å². The van der Waals surface area contributed by atoms with Crippen LogP contribution in [-0.2, 0) is 16.1 Å². The molecular weight excluding hydrogens is 349 g/mol. The molecule has 2 aromatic rings. The standard InChI is InChI=1S/C18H17ClFNO4/c1-2-21(18(24)25-11-12-6-4-3-5-7-12)16(17(22)23)14-9-8-13(20)10-15(14)19/h3-10,16H,2,11H2,1H3,(H,22,23). The summed E-state index contributed by atoms with van der Waals surface area (Å²) in [5, 5.41) is 9.49. The molecule has 0 aliphatic rings. The van der Waals surface area contributed by atoms with Gasteiger partial charge in [-0.05, 0) is 24.6 Å².